The predicted molar refractivity (Wildman–Crippen MR) is 79.7 cm³/mol. The predicted octanol–water partition coefficient (Wildman–Crippen LogP) is 0.597. The van der Waals surface area contributed by atoms with Crippen LogP contribution >= 0.6 is 0 Å². The first kappa shape index (κ1) is 16.6. The molecule has 0 aromatic heterocycles. The lowest BCUT2D eigenvalue weighted by Crippen LogP contribution is -2.46. The van der Waals surface area contributed by atoms with Crippen LogP contribution in [0.2, 0.25) is 0 Å². The van der Waals surface area contributed by atoms with Crippen molar-refractivity contribution in [1.29, 1.82) is 0 Å². The minimum atomic E-state index is -0.968. The molecular weight excluding hydrogens is 286 g/mol. The number of hydrogen-bond acceptors (Lipinski definition) is 5. The second-order valence-corrected chi connectivity index (χ2v) is 5.37. The van der Waals surface area contributed by atoms with Crippen molar-refractivity contribution in [1.82, 2.24) is 4.90 Å². The van der Waals surface area contributed by atoms with Crippen LogP contribution in [0.4, 0.5) is 0 Å². The number of Topliss-reactive ketones (excluding diaryl/α,β-unsaturated/α-hetero) is 1. The van der Waals surface area contributed by atoms with Gasteiger partial charge >= 0.3 is 5.97 Å². The lowest BCUT2D eigenvalue weighted by atomic mass is 9.99. The molecule has 1 aromatic carbocycles. The highest BCUT2D eigenvalue weighted by molar-refractivity contribution is 5.87. The van der Waals surface area contributed by atoms with Gasteiger partial charge in [0.25, 0.3) is 0 Å². The fraction of sp³-hybridized carbons (Fsp3) is 0.500. The molecule has 0 radical (unpaired) electrons. The molecule has 0 amide bonds. The van der Waals surface area contributed by atoms with E-state index in [-0.39, 0.29) is 24.9 Å². The summed E-state index contributed by atoms with van der Waals surface area (Å²) in [6.45, 7) is 0.164. The van der Waals surface area contributed by atoms with Crippen LogP contribution in [0.3, 0.4) is 0 Å². The van der Waals surface area contributed by atoms with Crippen molar-refractivity contribution in [3.05, 3.63) is 35.9 Å². The monoisotopic (exact) mass is 307 g/mol. The molecule has 1 N–H and O–H groups in total. The number of carbonyl (C=O) groups excluding carboxylic acids is 1. The molecule has 3 atom stereocenters. The fourth-order valence-corrected chi connectivity index (χ4v) is 2.97. The first-order chi connectivity index (χ1) is 10.6. The molecule has 0 aliphatic carbocycles. The lowest BCUT2D eigenvalue weighted by molar-refractivity contribution is -0.139. The van der Waals surface area contributed by atoms with Crippen molar-refractivity contribution in [3.63, 3.8) is 0 Å². The fourth-order valence-electron chi connectivity index (χ4n) is 2.97. The van der Waals surface area contributed by atoms with Gasteiger partial charge in [0.1, 0.15) is 6.10 Å². The first-order valence-electron chi connectivity index (χ1n) is 7.15. The summed E-state index contributed by atoms with van der Waals surface area (Å²) in [4.78, 5) is 25.3. The average Bonchev–Trinajstić information content (AvgIpc) is 2.84. The number of nitrogens with zero attached hydrogens (tertiary/aromatic N) is 1. The van der Waals surface area contributed by atoms with Crippen LogP contribution in [0.25, 0.3) is 0 Å². The first-order valence-corrected chi connectivity index (χ1v) is 7.15. The Morgan fingerprint density at radius 1 is 1.23 bits per heavy atom. The zero-order chi connectivity index (χ0) is 16.1. The third-order valence-corrected chi connectivity index (χ3v) is 3.95. The maximum Gasteiger partial charge on any atom is 0.317 e. The molecular formula is C16H21NO5. The topological polar surface area (TPSA) is 76.1 Å². The molecule has 0 bridgehead atoms. The van der Waals surface area contributed by atoms with Gasteiger partial charge in [0, 0.05) is 27.2 Å². The van der Waals surface area contributed by atoms with Crippen LogP contribution in [0.1, 0.15) is 5.56 Å². The summed E-state index contributed by atoms with van der Waals surface area (Å²) in [6, 6.07) is 8.79. The van der Waals surface area contributed by atoms with E-state index in [0.717, 1.165) is 5.56 Å². The molecule has 1 aromatic rings. The summed E-state index contributed by atoms with van der Waals surface area (Å²) < 4.78 is 10.8. The largest absolute Gasteiger partial charge is 0.480 e. The summed E-state index contributed by atoms with van der Waals surface area (Å²) >= 11 is 0. The van der Waals surface area contributed by atoms with Gasteiger partial charge in [0.15, 0.2) is 5.78 Å². The minimum absolute atomic E-state index is 0.0566. The number of hydrogen-bond donors (Lipinski definition) is 1. The normalized spacial score (nSPS) is 25.3. The van der Waals surface area contributed by atoms with Gasteiger partial charge in [0.2, 0.25) is 0 Å². The summed E-state index contributed by atoms with van der Waals surface area (Å²) in [5, 5.41) is 9.05. The zero-order valence-corrected chi connectivity index (χ0v) is 12.8. The van der Waals surface area contributed by atoms with Crippen molar-refractivity contribution in [2.45, 2.75) is 24.7 Å². The molecule has 120 valence electrons. The van der Waals surface area contributed by atoms with Crippen LogP contribution in [-0.4, -0.2) is 67.3 Å². The van der Waals surface area contributed by atoms with Crippen LogP contribution in [0, 0.1) is 0 Å². The molecule has 1 aliphatic heterocycles. The number of carbonyl (C=O) groups is 2. The van der Waals surface area contributed by atoms with Gasteiger partial charge in [-0.2, -0.15) is 0 Å². The van der Waals surface area contributed by atoms with Gasteiger partial charge in [-0.3, -0.25) is 14.5 Å². The number of carboxylic acid groups (broad SMARTS) is 1. The van der Waals surface area contributed by atoms with Gasteiger partial charge < -0.3 is 14.6 Å². The Morgan fingerprint density at radius 3 is 2.45 bits per heavy atom. The Bertz CT molecular complexity index is 519. The van der Waals surface area contributed by atoms with Crippen LogP contribution in [-0.2, 0) is 25.5 Å². The average molecular weight is 307 g/mol. The second-order valence-electron chi connectivity index (χ2n) is 5.37. The summed E-state index contributed by atoms with van der Waals surface area (Å²) in [5.41, 5.74) is 0.901. The molecule has 6 nitrogen and oxygen atoms in total. The van der Waals surface area contributed by atoms with Gasteiger partial charge in [-0.25, -0.2) is 0 Å². The van der Waals surface area contributed by atoms with E-state index in [1.165, 1.54) is 7.11 Å². The third kappa shape index (κ3) is 3.71. The molecule has 0 saturated carbocycles. The van der Waals surface area contributed by atoms with Crippen molar-refractivity contribution in [2.75, 3.05) is 27.3 Å². The van der Waals surface area contributed by atoms with Crippen molar-refractivity contribution in [2.24, 2.45) is 0 Å². The number of aliphatic carboxylic acids is 1. The standard InChI is InChI=1S/C16H21NO5/c1-21-13-9-17(10-14(19)20)15(16(13)22-2)12(18)8-11-6-4-3-5-7-11/h3-7,13,15-16H,8-10H2,1-2H3,(H,19,20). The quantitative estimate of drug-likeness (QED) is 0.795. The highest BCUT2D eigenvalue weighted by atomic mass is 16.5. The molecule has 1 heterocycles. The van der Waals surface area contributed by atoms with Crippen molar-refractivity contribution >= 4 is 11.8 Å². The number of benzene rings is 1. The molecule has 6 heteroatoms. The van der Waals surface area contributed by atoms with E-state index in [1.807, 2.05) is 30.3 Å². The van der Waals surface area contributed by atoms with E-state index in [1.54, 1.807) is 12.0 Å². The Labute approximate surface area is 129 Å². The summed E-state index contributed by atoms with van der Waals surface area (Å²) in [6.07, 6.45) is -0.521. The summed E-state index contributed by atoms with van der Waals surface area (Å²) in [7, 11) is 3.06. The number of ether oxygens (including phenoxy) is 2. The SMILES string of the molecule is COC1CN(CC(=O)O)C(C(=O)Cc2ccccc2)C1OC. The van der Waals surface area contributed by atoms with Gasteiger partial charge in [-0.05, 0) is 5.56 Å². The lowest BCUT2D eigenvalue weighted by Gasteiger charge is -2.25. The maximum absolute atomic E-state index is 12.7. The second kappa shape index (κ2) is 7.49. The van der Waals surface area contributed by atoms with Crippen molar-refractivity contribution < 1.29 is 24.2 Å². The maximum atomic E-state index is 12.7. The zero-order valence-electron chi connectivity index (χ0n) is 12.8. The number of rotatable bonds is 7. The number of likely N-dealkylation sites (tertiary alicyclic amines) is 1. The van der Waals surface area contributed by atoms with Crippen LogP contribution in [0.5, 0.6) is 0 Å². The Balaban J connectivity index is 2.18. The molecule has 1 saturated heterocycles. The molecule has 3 unspecified atom stereocenters. The van der Waals surface area contributed by atoms with E-state index >= 15 is 0 Å². The molecule has 2 rings (SSSR count). The van der Waals surface area contributed by atoms with E-state index in [9.17, 15) is 9.59 Å². The van der Waals surface area contributed by atoms with Crippen LogP contribution < -0.4 is 0 Å². The highest BCUT2D eigenvalue weighted by Gasteiger charge is 2.46. The number of carboxylic acids is 1. The van der Waals surface area contributed by atoms with Crippen molar-refractivity contribution in [3.8, 4) is 0 Å². The third-order valence-electron chi connectivity index (χ3n) is 3.95. The van der Waals surface area contributed by atoms with Gasteiger partial charge in [-0.1, -0.05) is 30.3 Å². The van der Waals surface area contributed by atoms with E-state index < -0.39 is 18.1 Å². The van der Waals surface area contributed by atoms with E-state index in [0.29, 0.717) is 6.54 Å². The highest BCUT2D eigenvalue weighted by Crippen LogP contribution is 2.25. The Morgan fingerprint density at radius 2 is 1.91 bits per heavy atom. The van der Waals surface area contributed by atoms with E-state index in [2.05, 4.69) is 0 Å². The smallest absolute Gasteiger partial charge is 0.317 e. The van der Waals surface area contributed by atoms with Gasteiger partial charge in [0.05, 0.1) is 18.7 Å². The van der Waals surface area contributed by atoms with E-state index in [4.69, 9.17) is 14.6 Å². The molecule has 22 heavy (non-hydrogen) atoms. The molecule has 1 aliphatic rings. The molecule has 1 fully saturated rings. The molecule has 0 spiro atoms. The Hall–Kier alpha value is -1.76. The number of ketones is 1. The Kier molecular flexibility index (Phi) is 5.65. The minimum Gasteiger partial charge on any atom is -0.480 e. The van der Waals surface area contributed by atoms with Crippen LogP contribution in [0.15, 0.2) is 30.3 Å². The summed E-state index contributed by atoms with van der Waals surface area (Å²) in [5.74, 6) is -1.03. The van der Waals surface area contributed by atoms with Gasteiger partial charge in [-0.15, -0.1) is 0 Å². The number of methoxy groups -OCH3 is 2.